The van der Waals surface area contributed by atoms with Gasteiger partial charge >= 0.3 is 0 Å². The molecule has 0 spiro atoms. The lowest BCUT2D eigenvalue weighted by molar-refractivity contribution is 0.180. The molecule has 0 saturated heterocycles. The van der Waals surface area contributed by atoms with E-state index in [0.717, 1.165) is 11.8 Å². The summed E-state index contributed by atoms with van der Waals surface area (Å²) in [4.78, 5) is 0. The third kappa shape index (κ3) is 3.29. The van der Waals surface area contributed by atoms with Gasteiger partial charge < -0.3 is 4.43 Å². The molecule has 0 unspecified atom stereocenters. The molecule has 0 aliphatic heterocycles. The molecule has 0 amide bonds. The Morgan fingerprint density at radius 2 is 1.68 bits per heavy atom. The molecule has 2 heteroatoms. The second-order valence-corrected chi connectivity index (χ2v) is 10.7. The molecule has 2 rings (SSSR count). The fourth-order valence-electron chi connectivity index (χ4n) is 3.30. The normalized spacial score (nSPS) is 24.2. The lowest BCUT2D eigenvalue weighted by atomic mass is 10.1. The fraction of sp³-hybridized carbons (Fsp3) is 0.647. The van der Waals surface area contributed by atoms with Gasteiger partial charge in [0.1, 0.15) is 0 Å². The molecule has 0 radical (unpaired) electrons. The lowest BCUT2D eigenvalue weighted by Crippen LogP contribution is -2.39. The summed E-state index contributed by atoms with van der Waals surface area (Å²) in [7, 11) is -1.43. The van der Waals surface area contributed by atoms with Gasteiger partial charge in [0, 0.05) is 6.10 Å². The minimum absolute atomic E-state index is 0.441. The molecular weight excluding hydrogens is 248 g/mol. The van der Waals surface area contributed by atoms with Crippen LogP contribution in [0.15, 0.2) is 30.3 Å². The van der Waals surface area contributed by atoms with Crippen LogP contribution < -0.4 is 0 Å². The van der Waals surface area contributed by atoms with Gasteiger partial charge in [0.15, 0.2) is 8.32 Å². The van der Waals surface area contributed by atoms with E-state index in [1.54, 1.807) is 0 Å². The molecule has 106 valence electrons. The Balaban J connectivity index is 1.94. The van der Waals surface area contributed by atoms with Crippen molar-refractivity contribution in [2.45, 2.75) is 64.3 Å². The Labute approximate surface area is 119 Å². The highest BCUT2D eigenvalue weighted by atomic mass is 28.4. The zero-order valence-corrected chi connectivity index (χ0v) is 13.9. The van der Waals surface area contributed by atoms with Crippen LogP contribution in [0.4, 0.5) is 0 Å². The van der Waals surface area contributed by atoms with Crippen molar-refractivity contribution in [3.63, 3.8) is 0 Å². The molecule has 1 aromatic carbocycles. The van der Waals surface area contributed by atoms with Crippen LogP contribution in [0.3, 0.4) is 0 Å². The first-order valence-electron chi connectivity index (χ1n) is 7.88. The number of benzene rings is 1. The Bertz CT molecular complexity index is 377. The van der Waals surface area contributed by atoms with E-state index < -0.39 is 8.32 Å². The van der Waals surface area contributed by atoms with Crippen molar-refractivity contribution in [1.82, 2.24) is 0 Å². The van der Waals surface area contributed by atoms with Crippen LogP contribution in [-0.4, -0.2) is 14.4 Å². The van der Waals surface area contributed by atoms with Gasteiger partial charge in [-0.3, -0.25) is 0 Å². The Hall–Kier alpha value is -0.603. The summed E-state index contributed by atoms with van der Waals surface area (Å²) in [6, 6.07) is 14.7. The van der Waals surface area contributed by atoms with Gasteiger partial charge in [0.25, 0.3) is 0 Å². The smallest absolute Gasteiger partial charge is 0.192 e. The molecule has 1 aliphatic rings. The third-order valence-electron chi connectivity index (χ3n) is 5.04. The van der Waals surface area contributed by atoms with Crippen LogP contribution >= 0.6 is 0 Å². The summed E-state index contributed by atoms with van der Waals surface area (Å²) in [6.07, 6.45) is 1.75. The van der Waals surface area contributed by atoms with Crippen molar-refractivity contribution in [2.75, 3.05) is 0 Å². The molecular formula is C17H28OSi. The maximum atomic E-state index is 6.60. The zero-order chi connectivity index (χ0) is 13.9. The van der Waals surface area contributed by atoms with E-state index in [4.69, 9.17) is 4.43 Å². The summed E-state index contributed by atoms with van der Waals surface area (Å²) in [5.74, 6) is 1.49. The van der Waals surface area contributed by atoms with E-state index in [1.807, 2.05) is 0 Å². The number of hydrogen-bond acceptors (Lipinski definition) is 1. The van der Waals surface area contributed by atoms with Crippen LogP contribution in [0.25, 0.3) is 0 Å². The Morgan fingerprint density at radius 3 is 2.21 bits per heavy atom. The van der Waals surface area contributed by atoms with E-state index in [2.05, 4.69) is 58.0 Å². The summed E-state index contributed by atoms with van der Waals surface area (Å²) in [6.45, 7) is 9.24. The number of hydrogen-bond donors (Lipinski definition) is 0. The second-order valence-electron chi connectivity index (χ2n) is 5.98. The third-order valence-corrected chi connectivity index (χ3v) is 9.78. The van der Waals surface area contributed by atoms with Gasteiger partial charge in [-0.1, -0.05) is 51.1 Å². The van der Waals surface area contributed by atoms with Crippen molar-refractivity contribution in [2.24, 2.45) is 5.92 Å². The fourth-order valence-corrected chi connectivity index (χ4v) is 6.26. The van der Waals surface area contributed by atoms with Crippen molar-refractivity contribution < 1.29 is 4.43 Å². The molecule has 1 saturated carbocycles. The van der Waals surface area contributed by atoms with Gasteiger partial charge in [-0.15, -0.1) is 0 Å². The summed E-state index contributed by atoms with van der Waals surface area (Å²) >= 11 is 0. The number of rotatable bonds is 7. The topological polar surface area (TPSA) is 9.23 Å². The average Bonchev–Trinajstić information content (AvgIpc) is 3.26. The van der Waals surface area contributed by atoms with Crippen LogP contribution in [0.5, 0.6) is 0 Å². The van der Waals surface area contributed by atoms with Gasteiger partial charge in [-0.05, 0) is 48.9 Å². The van der Waals surface area contributed by atoms with Crippen molar-refractivity contribution in [3.05, 3.63) is 35.9 Å². The molecule has 19 heavy (non-hydrogen) atoms. The average molecular weight is 276 g/mol. The molecule has 0 N–H and O–H groups in total. The summed E-state index contributed by atoms with van der Waals surface area (Å²) < 4.78 is 6.60. The molecule has 1 fully saturated rings. The minimum atomic E-state index is -1.43. The van der Waals surface area contributed by atoms with Gasteiger partial charge in [-0.2, -0.15) is 0 Å². The maximum absolute atomic E-state index is 6.60. The predicted molar refractivity (Wildman–Crippen MR) is 85.0 cm³/mol. The van der Waals surface area contributed by atoms with Crippen molar-refractivity contribution in [3.8, 4) is 0 Å². The molecule has 1 nitrogen and oxygen atoms in total. The molecule has 1 aliphatic carbocycles. The van der Waals surface area contributed by atoms with E-state index in [9.17, 15) is 0 Å². The Morgan fingerprint density at radius 1 is 1.11 bits per heavy atom. The van der Waals surface area contributed by atoms with E-state index >= 15 is 0 Å². The largest absolute Gasteiger partial charge is 0.414 e. The van der Waals surface area contributed by atoms with Gasteiger partial charge in [0.05, 0.1) is 0 Å². The second kappa shape index (κ2) is 6.23. The highest BCUT2D eigenvalue weighted by Gasteiger charge is 2.45. The highest BCUT2D eigenvalue weighted by Crippen LogP contribution is 2.51. The van der Waals surface area contributed by atoms with Crippen LogP contribution in [-0.2, 0) is 4.43 Å². The zero-order valence-electron chi connectivity index (χ0n) is 12.9. The standard InChI is InChI=1S/C17H28OSi/c1-5-19(6-2,7-3)18-14(4)16-13-17(16)15-11-9-8-10-12-15/h8-12,14,16-17H,5-7,13H2,1-4H3/t14-,16-,17+/m0/s1. The van der Waals surface area contributed by atoms with Crippen molar-refractivity contribution in [1.29, 1.82) is 0 Å². The maximum Gasteiger partial charge on any atom is 0.192 e. The van der Waals surface area contributed by atoms with E-state index in [1.165, 1.54) is 30.1 Å². The molecule has 3 atom stereocenters. The van der Waals surface area contributed by atoms with Gasteiger partial charge in [0.2, 0.25) is 0 Å². The van der Waals surface area contributed by atoms with Gasteiger partial charge in [-0.25, -0.2) is 0 Å². The predicted octanol–water partition coefficient (Wildman–Crippen LogP) is 5.20. The Kier molecular flexibility index (Phi) is 4.85. The SMILES string of the molecule is CC[Si](CC)(CC)O[C@@H](C)[C@@H]1C[C@@H]1c1ccccc1. The van der Waals surface area contributed by atoms with Crippen LogP contribution in [0.2, 0.25) is 18.1 Å². The first-order valence-corrected chi connectivity index (χ1v) is 10.4. The van der Waals surface area contributed by atoms with Crippen molar-refractivity contribution >= 4 is 8.32 Å². The molecule has 0 heterocycles. The molecule has 1 aromatic rings. The first kappa shape index (κ1) is 14.8. The molecule has 0 aromatic heterocycles. The summed E-state index contributed by atoms with van der Waals surface area (Å²) in [5.41, 5.74) is 1.50. The quantitative estimate of drug-likeness (QED) is 0.622. The highest BCUT2D eigenvalue weighted by molar-refractivity contribution is 6.73. The van der Waals surface area contributed by atoms with E-state index in [-0.39, 0.29) is 0 Å². The van der Waals surface area contributed by atoms with E-state index in [0.29, 0.717) is 6.10 Å². The van der Waals surface area contributed by atoms with Crippen LogP contribution in [0.1, 0.15) is 45.6 Å². The molecule has 0 bridgehead atoms. The minimum Gasteiger partial charge on any atom is -0.414 e. The lowest BCUT2D eigenvalue weighted by Gasteiger charge is -2.32. The van der Waals surface area contributed by atoms with Crippen LogP contribution in [0, 0.1) is 5.92 Å². The first-order chi connectivity index (χ1) is 9.15. The summed E-state index contributed by atoms with van der Waals surface area (Å²) in [5, 5.41) is 0. The monoisotopic (exact) mass is 276 g/mol.